The van der Waals surface area contributed by atoms with E-state index in [2.05, 4.69) is 20.8 Å². The topological polar surface area (TPSA) is 49.8 Å². The summed E-state index contributed by atoms with van der Waals surface area (Å²) in [5, 5.41) is 11.8. The predicted octanol–water partition coefficient (Wildman–Crippen LogP) is 6.17. The van der Waals surface area contributed by atoms with Gasteiger partial charge in [-0.3, -0.25) is 4.57 Å². The van der Waals surface area contributed by atoms with Gasteiger partial charge < -0.3 is 14.5 Å². The van der Waals surface area contributed by atoms with E-state index in [4.69, 9.17) is 4.52 Å². The quantitative estimate of drug-likeness (QED) is 0.484. The van der Waals surface area contributed by atoms with Crippen LogP contribution in [0.5, 0.6) is 0 Å². The summed E-state index contributed by atoms with van der Waals surface area (Å²) in [6.07, 6.45) is 6.42. The van der Waals surface area contributed by atoms with E-state index >= 15 is 0 Å². The van der Waals surface area contributed by atoms with Crippen molar-refractivity contribution >= 4 is 24.4 Å². The summed E-state index contributed by atoms with van der Waals surface area (Å²) in [5.74, 6) is 0.0921. The Kier molecular flexibility index (Phi) is 8.38. The van der Waals surface area contributed by atoms with Crippen molar-refractivity contribution < 1.29 is 14.2 Å². The van der Waals surface area contributed by atoms with Crippen LogP contribution in [0.4, 0.5) is 5.69 Å². The largest absolute Gasteiger partial charge is 0.378 e. The molecule has 1 aliphatic rings. The molecule has 1 N–H and O–H groups in total. The van der Waals surface area contributed by atoms with Crippen molar-refractivity contribution in [3.8, 4) is 0 Å². The minimum absolute atomic E-state index is 0.127. The highest BCUT2D eigenvalue weighted by Crippen LogP contribution is 2.54. The molecule has 0 aromatic heterocycles. The monoisotopic (exact) mass is 455 g/mol. The average molecular weight is 456 g/mol. The first-order valence-electron chi connectivity index (χ1n) is 11.7. The molecule has 5 heteroatoms. The SMILES string of the molecule is CC1CCC(C(C)C)C(OP(=O)(c2ccc(N(C)C)cc2)C(O)C=Cc2ccccc2)C1. The zero-order valence-electron chi connectivity index (χ0n) is 20.0. The Morgan fingerprint density at radius 3 is 2.31 bits per heavy atom. The minimum Gasteiger partial charge on any atom is -0.378 e. The predicted molar refractivity (Wildman–Crippen MR) is 136 cm³/mol. The average Bonchev–Trinajstić information content (AvgIpc) is 2.78. The number of nitrogens with zero attached hydrogens (tertiary/aromatic N) is 1. The molecule has 32 heavy (non-hydrogen) atoms. The lowest BCUT2D eigenvalue weighted by atomic mass is 9.75. The van der Waals surface area contributed by atoms with E-state index in [0.29, 0.717) is 23.1 Å². The molecule has 1 aliphatic carbocycles. The summed E-state index contributed by atoms with van der Waals surface area (Å²) in [6.45, 7) is 6.65. The summed E-state index contributed by atoms with van der Waals surface area (Å²) in [7, 11) is 0.371. The van der Waals surface area contributed by atoms with Crippen molar-refractivity contribution in [2.75, 3.05) is 19.0 Å². The third kappa shape index (κ3) is 5.92. The van der Waals surface area contributed by atoms with Gasteiger partial charge in [-0.1, -0.05) is 63.6 Å². The van der Waals surface area contributed by atoms with E-state index in [0.717, 1.165) is 24.1 Å². The van der Waals surface area contributed by atoms with E-state index in [9.17, 15) is 9.67 Å². The number of benzene rings is 2. The smallest absolute Gasteiger partial charge is 0.263 e. The summed E-state index contributed by atoms with van der Waals surface area (Å²) in [5.41, 5.74) is 1.97. The van der Waals surface area contributed by atoms with Crippen molar-refractivity contribution in [1.82, 2.24) is 0 Å². The van der Waals surface area contributed by atoms with Crippen LogP contribution in [0.25, 0.3) is 6.08 Å². The lowest BCUT2D eigenvalue weighted by Crippen LogP contribution is -2.35. The molecule has 0 radical (unpaired) electrons. The van der Waals surface area contributed by atoms with Gasteiger partial charge in [-0.15, -0.1) is 0 Å². The molecular formula is C27H38NO3P. The van der Waals surface area contributed by atoms with Crippen LogP contribution in [0, 0.1) is 17.8 Å². The van der Waals surface area contributed by atoms with E-state index in [-0.39, 0.29) is 6.10 Å². The second kappa shape index (κ2) is 10.8. The molecule has 174 valence electrons. The minimum atomic E-state index is -3.57. The van der Waals surface area contributed by atoms with Crippen LogP contribution in [-0.4, -0.2) is 31.2 Å². The summed E-state index contributed by atoms with van der Waals surface area (Å²) in [6, 6.07) is 17.3. The molecule has 2 aromatic carbocycles. The zero-order valence-corrected chi connectivity index (χ0v) is 20.9. The van der Waals surface area contributed by atoms with Crippen LogP contribution >= 0.6 is 7.37 Å². The second-order valence-electron chi connectivity index (χ2n) is 9.66. The van der Waals surface area contributed by atoms with Gasteiger partial charge >= 0.3 is 0 Å². The molecule has 5 unspecified atom stereocenters. The van der Waals surface area contributed by atoms with Gasteiger partial charge in [0, 0.05) is 25.1 Å². The van der Waals surface area contributed by atoms with Crippen LogP contribution in [0.1, 0.15) is 45.6 Å². The zero-order chi connectivity index (χ0) is 23.3. The van der Waals surface area contributed by atoms with Gasteiger partial charge in [0.2, 0.25) is 0 Å². The lowest BCUT2D eigenvalue weighted by molar-refractivity contribution is 0.0448. The molecule has 5 atom stereocenters. The Bertz CT molecular complexity index is 924. The number of rotatable bonds is 8. The number of anilines is 1. The highest BCUT2D eigenvalue weighted by atomic mass is 31.2. The molecule has 1 saturated carbocycles. The van der Waals surface area contributed by atoms with Gasteiger partial charge in [-0.25, -0.2) is 0 Å². The van der Waals surface area contributed by atoms with Gasteiger partial charge in [0.15, 0.2) is 5.85 Å². The molecular weight excluding hydrogens is 417 g/mol. The first kappa shape index (κ1) is 24.8. The molecule has 0 heterocycles. The fraction of sp³-hybridized carbons (Fsp3) is 0.481. The van der Waals surface area contributed by atoms with E-state index in [1.54, 1.807) is 6.08 Å². The van der Waals surface area contributed by atoms with E-state index in [1.165, 1.54) is 6.42 Å². The maximum atomic E-state index is 14.4. The fourth-order valence-corrected chi connectivity index (χ4v) is 6.62. The molecule has 1 fully saturated rings. The molecule has 0 saturated heterocycles. The van der Waals surface area contributed by atoms with Crippen molar-refractivity contribution in [1.29, 1.82) is 0 Å². The van der Waals surface area contributed by atoms with Crippen LogP contribution < -0.4 is 10.2 Å². The Balaban J connectivity index is 1.96. The maximum absolute atomic E-state index is 14.4. The van der Waals surface area contributed by atoms with E-state index in [1.807, 2.05) is 79.7 Å². The Labute approximate surface area is 193 Å². The van der Waals surface area contributed by atoms with E-state index < -0.39 is 13.2 Å². The van der Waals surface area contributed by atoms with Crippen LogP contribution in [0.15, 0.2) is 60.7 Å². The van der Waals surface area contributed by atoms with Crippen molar-refractivity contribution in [2.24, 2.45) is 17.8 Å². The first-order valence-corrected chi connectivity index (χ1v) is 13.4. The lowest BCUT2D eigenvalue weighted by Gasteiger charge is -2.39. The fourth-order valence-electron chi connectivity index (χ4n) is 4.55. The van der Waals surface area contributed by atoms with Crippen molar-refractivity contribution in [2.45, 2.75) is 52.0 Å². The molecule has 4 nitrogen and oxygen atoms in total. The summed E-state index contributed by atoms with van der Waals surface area (Å²) in [4.78, 5) is 2.00. The molecule has 0 bridgehead atoms. The van der Waals surface area contributed by atoms with Crippen LogP contribution in [-0.2, 0) is 9.09 Å². The Morgan fingerprint density at radius 2 is 1.72 bits per heavy atom. The third-order valence-electron chi connectivity index (χ3n) is 6.59. The van der Waals surface area contributed by atoms with Crippen LogP contribution in [0.3, 0.4) is 0 Å². The van der Waals surface area contributed by atoms with Gasteiger partial charge in [0.25, 0.3) is 7.37 Å². The molecule has 3 rings (SSSR count). The number of aliphatic hydroxyl groups is 1. The highest BCUT2D eigenvalue weighted by Gasteiger charge is 2.41. The normalized spacial score (nSPS) is 24.4. The Hall–Kier alpha value is -1.87. The van der Waals surface area contributed by atoms with Crippen LogP contribution in [0.2, 0.25) is 0 Å². The second-order valence-corrected chi connectivity index (χ2v) is 12.1. The van der Waals surface area contributed by atoms with Crippen molar-refractivity contribution in [3.05, 3.63) is 66.2 Å². The molecule has 0 aliphatic heterocycles. The highest BCUT2D eigenvalue weighted by molar-refractivity contribution is 7.67. The van der Waals surface area contributed by atoms with Gasteiger partial charge in [0.1, 0.15) is 0 Å². The molecule has 2 aromatic rings. The molecule has 0 spiro atoms. The first-order chi connectivity index (χ1) is 15.2. The Morgan fingerprint density at radius 1 is 1.06 bits per heavy atom. The number of aliphatic hydroxyl groups excluding tert-OH is 1. The van der Waals surface area contributed by atoms with Gasteiger partial charge in [-0.05, 0) is 66.5 Å². The van der Waals surface area contributed by atoms with Gasteiger partial charge in [0.05, 0.1) is 6.10 Å². The van der Waals surface area contributed by atoms with Crippen molar-refractivity contribution in [3.63, 3.8) is 0 Å². The number of hydrogen-bond donors (Lipinski definition) is 1. The third-order valence-corrected chi connectivity index (χ3v) is 9.06. The summed E-state index contributed by atoms with van der Waals surface area (Å²) >= 11 is 0. The summed E-state index contributed by atoms with van der Waals surface area (Å²) < 4.78 is 20.9. The van der Waals surface area contributed by atoms with Gasteiger partial charge in [-0.2, -0.15) is 0 Å². The maximum Gasteiger partial charge on any atom is 0.263 e. The standard InChI is InChI=1S/C27H38NO3P/c1-20(2)25-17-11-21(3)19-26(25)31-32(30,24-15-13-23(14-16-24)28(4)5)27(29)18-12-22-9-7-6-8-10-22/h6-10,12-16,18,20-21,25-27,29H,11,17,19H2,1-5H3. The molecule has 0 amide bonds. The number of hydrogen-bond acceptors (Lipinski definition) is 4.